The minimum absolute atomic E-state index is 0.106. The number of likely N-dealkylation sites (N-methyl/N-ethyl adjacent to an activating group) is 1. The third-order valence-electron chi connectivity index (χ3n) is 2.63. The smallest absolute Gasteiger partial charge is 0.272 e. The summed E-state index contributed by atoms with van der Waals surface area (Å²) in [6, 6.07) is 3.27. The fourth-order valence-electron chi connectivity index (χ4n) is 1.82. The third-order valence-corrected chi connectivity index (χ3v) is 2.63. The highest BCUT2D eigenvalue weighted by Crippen LogP contribution is 2.14. The van der Waals surface area contributed by atoms with Gasteiger partial charge in [-0.15, -0.1) is 0 Å². The molecule has 0 bridgehead atoms. The summed E-state index contributed by atoms with van der Waals surface area (Å²) in [6.07, 6.45) is 3.24. The van der Waals surface area contributed by atoms with Crippen LogP contribution >= 0.6 is 0 Å². The Morgan fingerprint density at radius 1 is 1.53 bits per heavy atom. The molecule has 5 nitrogen and oxygen atoms in total. The third kappa shape index (κ3) is 4.48. The molecule has 0 aliphatic heterocycles. The standard InChI is InChI=1S/C12H19N3O2/c1-9(2)6-10(13-3)7-11-8-12(15(16)17)4-5-14-11/h4-5,8-10,13H,6-7H2,1-3H3. The highest BCUT2D eigenvalue weighted by Gasteiger charge is 2.13. The van der Waals surface area contributed by atoms with Crippen molar-refractivity contribution >= 4 is 5.69 Å². The Balaban J connectivity index is 2.72. The van der Waals surface area contributed by atoms with Crippen molar-refractivity contribution in [3.63, 3.8) is 0 Å². The second kappa shape index (κ2) is 6.30. The van der Waals surface area contributed by atoms with E-state index >= 15 is 0 Å². The van der Waals surface area contributed by atoms with Crippen molar-refractivity contribution in [2.24, 2.45) is 5.92 Å². The molecule has 0 saturated heterocycles. The summed E-state index contributed by atoms with van der Waals surface area (Å²) < 4.78 is 0. The number of aromatic nitrogens is 1. The average molecular weight is 237 g/mol. The number of pyridine rings is 1. The van der Waals surface area contributed by atoms with Crippen molar-refractivity contribution in [2.45, 2.75) is 32.7 Å². The van der Waals surface area contributed by atoms with Crippen molar-refractivity contribution in [2.75, 3.05) is 7.05 Å². The maximum Gasteiger partial charge on any atom is 0.272 e. The molecule has 0 aliphatic carbocycles. The van der Waals surface area contributed by atoms with E-state index in [1.54, 1.807) is 6.07 Å². The van der Waals surface area contributed by atoms with Gasteiger partial charge < -0.3 is 5.32 Å². The Hall–Kier alpha value is -1.49. The van der Waals surface area contributed by atoms with E-state index in [4.69, 9.17) is 0 Å². The lowest BCUT2D eigenvalue weighted by Gasteiger charge is -2.17. The van der Waals surface area contributed by atoms with Crippen molar-refractivity contribution < 1.29 is 4.92 Å². The SMILES string of the molecule is CNC(Cc1cc([N+](=O)[O-])ccn1)CC(C)C. The minimum Gasteiger partial charge on any atom is -0.317 e. The van der Waals surface area contributed by atoms with Crippen LogP contribution in [-0.2, 0) is 6.42 Å². The van der Waals surface area contributed by atoms with Crippen LogP contribution in [0.25, 0.3) is 0 Å². The number of hydrogen-bond donors (Lipinski definition) is 1. The van der Waals surface area contributed by atoms with Gasteiger partial charge in [0.25, 0.3) is 5.69 Å². The van der Waals surface area contributed by atoms with Gasteiger partial charge in [-0.1, -0.05) is 13.8 Å². The first-order valence-electron chi connectivity index (χ1n) is 5.79. The molecular formula is C12H19N3O2. The van der Waals surface area contributed by atoms with E-state index < -0.39 is 0 Å². The van der Waals surface area contributed by atoms with E-state index in [0.717, 1.165) is 18.5 Å². The van der Waals surface area contributed by atoms with Crippen LogP contribution in [0.1, 0.15) is 26.0 Å². The largest absolute Gasteiger partial charge is 0.317 e. The van der Waals surface area contributed by atoms with Gasteiger partial charge in [-0.05, 0) is 19.4 Å². The fourth-order valence-corrected chi connectivity index (χ4v) is 1.82. The Bertz CT molecular complexity index is 380. The van der Waals surface area contributed by atoms with E-state index in [1.807, 2.05) is 7.05 Å². The molecule has 0 amide bonds. The molecule has 1 atom stereocenters. The number of nitrogens with zero attached hydrogens (tertiary/aromatic N) is 2. The van der Waals surface area contributed by atoms with Crippen LogP contribution in [-0.4, -0.2) is 23.0 Å². The molecule has 1 unspecified atom stereocenters. The average Bonchev–Trinajstić information content (AvgIpc) is 2.28. The van der Waals surface area contributed by atoms with Crippen LogP contribution in [0.2, 0.25) is 0 Å². The Morgan fingerprint density at radius 3 is 2.76 bits per heavy atom. The topological polar surface area (TPSA) is 68.1 Å². The molecule has 1 heterocycles. The molecule has 5 heteroatoms. The van der Waals surface area contributed by atoms with Crippen molar-refractivity contribution in [3.8, 4) is 0 Å². The van der Waals surface area contributed by atoms with Crippen LogP contribution in [0, 0.1) is 16.0 Å². The maximum absolute atomic E-state index is 10.6. The molecule has 0 fully saturated rings. The zero-order valence-electron chi connectivity index (χ0n) is 10.5. The lowest BCUT2D eigenvalue weighted by atomic mass is 9.99. The molecular weight excluding hydrogens is 218 g/mol. The molecule has 1 aromatic heterocycles. The van der Waals surface area contributed by atoms with Crippen LogP contribution in [0.3, 0.4) is 0 Å². The van der Waals surface area contributed by atoms with Crippen LogP contribution in [0.5, 0.6) is 0 Å². The van der Waals surface area contributed by atoms with E-state index in [-0.39, 0.29) is 10.6 Å². The Labute approximate surface area is 101 Å². The lowest BCUT2D eigenvalue weighted by Crippen LogP contribution is -2.29. The number of hydrogen-bond acceptors (Lipinski definition) is 4. The summed E-state index contributed by atoms with van der Waals surface area (Å²) in [5.41, 5.74) is 0.869. The van der Waals surface area contributed by atoms with Gasteiger partial charge in [0.2, 0.25) is 0 Å². The van der Waals surface area contributed by atoms with E-state index in [2.05, 4.69) is 24.1 Å². The quantitative estimate of drug-likeness (QED) is 0.608. The normalized spacial score (nSPS) is 12.7. The Kier molecular flexibility index (Phi) is 5.03. The highest BCUT2D eigenvalue weighted by atomic mass is 16.6. The van der Waals surface area contributed by atoms with Crippen LogP contribution in [0.15, 0.2) is 18.3 Å². The molecule has 0 spiro atoms. The Morgan fingerprint density at radius 2 is 2.24 bits per heavy atom. The first kappa shape index (κ1) is 13.6. The number of rotatable bonds is 6. The van der Waals surface area contributed by atoms with Gasteiger partial charge in [0.1, 0.15) is 0 Å². The minimum atomic E-state index is -0.387. The van der Waals surface area contributed by atoms with Gasteiger partial charge in [-0.2, -0.15) is 0 Å². The molecule has 0 radical (unpaired) electrons. The van der Waals surface area contributed by atoms with Gasteiger partial charge in [-0.25, -0.2) is 0 Å². The van der Waals surface area contributed by atoms with Crippen molar-refractivity contribution in [1.82, 2.24) is 10.3 Å². The summed E-state index contributed by atoms with van der Waals surface area (Å²) in [6.45, 7) is 4.32. The van der Waals surface area contributed by atoms with E-state index in [1.165, 1.54) is 12.3 Å². The van der Waals surface area contributed by atoms with Gasteiger partial charge in [0.05, 0.1) is 4.92 Å². The van der Waals surface area contributed by atoms with Gasteiger partial charge in [0.15, 0.2) is 0 Å². The molecule has 17 heavy (non-hydrogen) atoms. The lowest BCUT2D eigenvalue weighted by molar-refractivity contribution is -0.385. The maximum atomic E-state index is 10.6. The molecule has 94 valence electrons. The number of nitrogens with one attached hydrogen (secondary N) is 1. The molecule has 1 aromatic rings. The summed E-state index contributed by atoms with van der Waals surface area (Å²) in [7, 11) is 1.91. The van der Waals surface area contributed by atoms with Crippen molar-refractivity contribution in [3.05, 3.63) is 34.1 Å². The van der Waals surface area contributed by atoms with Gasteiger partial charge in [-0.3, -0.25) is 15.1 Å². The number of nitro groups is 1. The van der Waals surface area contributed by atoms with Crippen LogP contribution < -0.4 is 5.32 Å². The molecule has 0 aromatic carbocycles. The predicted octanol–water partition coefficient (Wildman–Crippen LogP) is 2.17. The monoisotopic (exact) mass is 237 g/mol. The van der Waals surface area contributed by atoms with Crippen molar-refractivity contribution in [1.29, 1.82) is 0 Å². The summed E-state index contributed by atoms with van der Waals surface area (Å²) >= 11 is 0. The van der Waals surface area contributed by atoms with E-state index in [9.17, 15) is 10.1 Å². The molecule has 1 N–H and O–H groups in total. The zero-order chi connectivity index (χ0) is 12.8. The summed E-state index contributed by atoms with van der Waals surface area (Å²) in [5.74, 6) is 0.589. The first-order chi connectivity index (χ1) is 8.02. The summed E-state index contributed by atoms with van der Waals surface area (Å²) in [4.78, 5) is 14.4. The van der Waals surface area contributed by atoms with E-state index in [0.29, 0.717) is 12.0 Å². The first-order valence-corrected chi connectivity index (χ1v) is 5.79. The molecule has 0 aliphatic rings. The summed E-state index contributed by atoms with van der Waals surface area (Å²) in [5, 5.41) is 13.9. The molecule has 1 rings (SSSR count). The second-order valence-electron chi connectivity index (χ2n) is 4.58. The van der Waals surface area contributed by atoms with Gasteiger partial charge >= 0.3 is 0 Å². The van der Waals surface area contributed by atoms with Gasteiger partial charge in [0, 0.05) is 36.5 Å². The highest BCUT2D eigenvalue weighted by molar-refractivity contribution is 5.29. The zero-order valence-corrected chi connectivity index (χ0v) is 10.5. The second-order valence-corrected chi connectivity index (χ2v) is 4.58. The molecule has 0 saturated carbocycles. The fraction of sp³-hybridized carbons (Fsp3) is 0.583. The van der Waals surface area contributed by atoms with Crippen LogP contribution in [0.4, 0.5) is 5.69 Å². The predicted molar refractivity (Wildman–Crippen MR) is 66.9 cm³/mol.